The second kappa shape index (κ2) is 21.0. The molecule has 2 aromatic carbocycles. The molecule has 0 radical (unpaired) electrons. The third-order valence-corrected chi connectivity index (χ3v) is 13.0. The molecule has 1 amide bonds. The maximum atomic E-state index is 14.6. The van der Waals surface area contributed by atoms with Crippen LogP contribution >= 0.6 is 0 Å². The maximum absolute atomic E-state index is 14.6. The first-order valence-corrected chi connectivity index (χ1v) is 22.2. The predicted molar refractivity (Wildman–Crippen MR) is 240 cm³/mol. The number of carbonyl (C=O) groups excluding carboxylic acids is 3. The monoisotopic (exact) mass is 877 g/mol. The highest BCUT2D eigenvalue weighted by Crippen LogP contribution is 2.55. The lowest BCUT2D eigenvalue weighted by molar-refractivity contribution is -0.160. The molecule has 0 spiro atoms. The molecule has 0 unspecified atom stereocenters. The quantitative estimate of drug-likeness (QED) is 0.0759. The van der Waals surface area contributed by atoms with Gasteiger partial charge in [0.05, 0.1) is 53.0 Å². The van der Waals surface area contributed by atoms with E-state index in [1.807, 2.05) is 5.01 Å². The average Bonchev–Trinajstić information content (AvgIpc) is 3.48. The molecular weight excluding hydrogens is 811 g/mol. The maximum Gasteiger partial charge on any atom is 0.312 e. The van der Waals surface area contributed by atoms with Crippen LogP contribution in [0.1, 0.15) is 121 Å². The summed E-state index contributed by atoms with van der Waals surface area (Å²) in [5.41, 5.74) is -0.263. The standard InChI is InChI=1S/C48H67N3O12/c1-26-19-18-20-27(2)47(59)50-38-33(25-49-51-22-16-14-12-10-11-13-15-17-23-51)42(56)35-36(43(38)57)41(55)31(6)45-37(35)46(58)48(8,63-45)61-24-21-34(60-9)28(3)44(62-32(7)52)30(5)40(54)29(4)39(26)53/h18-21,24-26,28-30,34,39-40,44,53-57H,10-17,22-23H2,1-9H3,(H,50,59)/t26-,28+,29-,30-,34+,39-,40-,44+,48-/m0/s1. The number of rotatable bonds is 4. The van der Waals surface area contributed by atoms with E-state index in [1.54, 1.807) is 46.8 Å². The number of carbonyl (C=O) groups is 3. The molecule has 2 aromatic rings. The summed E-state index contributed by atoms with van der Waals surface area (Å²) in [5, 5.41) is 67.8. The number of phenols is 3. The summed E-state index contributed by atoms with van der Waals surface area (Å²) in [5.74, 6) is -8.24. The van der Waals surface area contributed by atoms with Crippen molar-refractivity contribution < 1.29 is 58.9 Å². The first-order chi connectivity index (χ1) is 29.8. The van der Waals surface area contributed by atoms with Gasteiger partial charge in [-0.2, -0.15) is 5.10 Å². The number of hydrazone groups is 1. The summed E-state index contributed by atoms with van der Waals surface area (Å²) in [6, 6.07) is 0. The largest absolute Gasteiger partial charge is 0.507 e. The molecule has 4 heterocycles. The Hall–Kier alpha value is -5.12. The van der Waals surface area contributed by atoms with E-state index >= 15 is 0 Å². The Balaban J connectivity index is 1.70. The Labute approximate surface area is 370 Å². The van der Waals surface area contributed by atoms with Crippen LogP contribution in [0.25, 0.3) is 10.8 Å². The fraction of sp³-hybridized carbons (Fsp3) is 0.583. The predicted octanol–water partition coefficient (Wildman–Crippen LogP) is 7.52. The summed E-state index contributed by atoms with van der Waals surface area (Å²) in [7, 11) is 1.45. The van der Waals surface area contributed by atoms with Gasteiger partial charge in [0, 0.05) is 74.2 Å². The molecule has 63 heavy (non-hydrogen) atoms. The van der Waals surface area contributed by atoms with Crippen LogP contribution in [0.2, 0.25) is 0 Å². The van der Waals surface area contributed by atoms with Gasteiger partial charge in [-0.05, 0) is 32.8 Å². The van der Waals surface area contributed by atoms with Crippen LogP contribution in [-0.4, -0.2) is 105 Å². The van der Waals surface area contributed by atoms with Gasteiger partial charge in [0.2, 0.25) is 0 Å². The lowest BCUT2D eigenvalue weighted by atomic mass is 9.78. The van der Waals surface area contributed by atoms with E-state index in [-0.39, 0.29) is 44.5 Å². The van der Waals surface area contributed by atoms with Gasteiger partial charge in [-0.15, -0.1) is 0 Å². The van der Waals surface area contributed by atoms with Crippen molar-refractivity contribution in [2.45, 2.75) is 137 Å². The molecule has 1 saturated heterocycles. The van der Waals surface area contributed by atoms with E-state index in [1.165, 1.54) is 65.4 Å². The topological polar surface area (TPSA) is 217 Å². The van der Waals surface area contributed by atoms with Crippen LogP contribution in [-0.2, 0) is 23.8 Å². The van der Waals surface area contributed by atoms with E-state index in [4.69, 9.17) is 24.0 Å². The van der Waals surface area contributed by atoms with Crippen molar-refractivity contribution in [3.05, 3.63) is 52.8 Å². The number of esters is 1. The fourth-order valence-electron chi connectivity index (χ4n) is 8.89. The van der Waals surface area contributed by atoms with Crippen molar-refractivity contribution >= 4 is 40.3 Å². The van der Waals surface area contributed by atoms with Gasteiger partial charge in [0.15, 0.2) is 5.75 Å². The van der Waals surface area contributed by atoms with Crippen molar-refractivity contribution in [2.24, 2.45) is 28.8 Å². The van der Waals surface area contributed by atoms with Crippen molar-refractivity contribution in [1.29, 1.82) is 0 Å². The smallest absolute Gasteiger partial charge is 0.312 e. The van der Waals surface area contributed by atoms with Gasteiger partial charge in [-0.3, -0.25) is 19.4 Å². The van der Waals surface area contributed by atoms with Gasteiger partial charge in [0.25, 0.3) is 11.7 Å². The number of hydrogen-bond acceptors (Lipinski definition) is 14. The summed E-state index contributed by atoms with van der Waals surface area (Å²) in [4.78, 5) is 40.8. The fourth-order valence-corrected chi connectivity index (χ4v) is 8.89. The number of amides is 1. The number of nitrogens with zero attached hydrogens (tertiary/aromatic N) is 2. The van der Waals surface area contributed by atoms with Crippen LogP contribution in [0.5, 0.6) is 23.0 Å². The first-order valence-electron chi connectivity index (χ1n) is 22.2. The van der Waals surface area contributed by atoms with Gasteiger partial charge < -0.3 is 49.8 Å². The minimum Gasteiger partial charge on any atom is -0.507 e. The minimum absolute atomic E-state index is 0.0662. The number of fused-ring (bicyclic) bond motifs is 14. The van der Waals surface area contributed by atoms with Crippen LogP contribution in [0.15, 0.2) is 41.2 Å². The molecule has 15 heteroatoms. The third-order valence-electron chi connectivity index (χ3n) is 13.0. The number of methoxy groups -OCH3 is 1. The highest BCUT2D eigenvalue weighted by atomic mass is 16.7. The molecule has 6 N–H and O–H groups in total. The van der Waals surface area contributed by atoms with E-state index in [0.29, 0.717) is 13.1 Å². The zero-order valence-electron chi connectivity index (χ0n) is 38.1. The molecule has 4 aliphatic heterocycles. The third kappa shape index (κ3) is 10.6. The number of aliphatic hydroxyl groups excluding tert-OH is 2. The van der Waals surface area contributed by atoms with Gasteiger partial charge in [-0.1, -0.05) is 84.4 Å². The van der Waals surface area contributed by atoms with Crippen molar-refractivity contribution in [2.75, 3.05) is 25.5 Å². The Morgan fingerprint density at radius 3 is 2.10 bits per heavy atom. The van der Waals surface area contributed by atoms with Crippen LogP contribution in [0, 0.1) is 30.6 Å². The number of anilines is 1. The molecule has 6 rings (SSSR count). The average molecular weight is 878 g/mol. The van der Waals surface area contributed by atoms with Gasteiger partial charge in [-0.25, -0.2) is 0 Å². The van der Waals surface area contributed by atoms with Crippen molar-refractivity contribution in [1.82, 2.24) is 5.01 Å². The van der Waals surface area contributed by atoms with Gasteiger partial charge >= 0.3 is 11.8 Å². The Morgan fingerprint density at radius 2 is 1.49 bits per heavy atom. The van der Waals surface area contributed by atoms with E-state index < -0.39 is 88.8 Å². The molecule has 9 atom stereocenters. The van der Waals surface area contributed by atoms with E-state index in [2.05, 4.69) is 5.32 Å². The summed E-state index contributed by atoms with van der Waals surface area (Å²) in [6.45, 7) is 13.9. The highest BCUT2D eigenvalue weighted by molar-refractivity contribution is 6.23. The zero-order valence-corrected chi connectivity index (χ0v) is 38.1. The summed E-state index contributed by atoms with van der Waals surface area (Å²) >= 11 is 0. The van der Waals surface area contributed by atoms with Crippen LogP contribution in [0.3, 0.4) is 0 Å². The number of ether oxygens (including phenoxy) is 4. The summed E-state index contributed by atoms with van der Waals surface area (Å²) < 4.78 is 23.7. The zero-order chi connectivity index (χ0) is 46.3. The molecule has 346 valence electrons. The number of nitrogens with one attached hydrogen (secondary N) is 1. The van der Waals surface area contributed by atoms with Crippen molar-refractivity contribution in [3.63, 3.8) is 0 Å². The summed E-state index contributed by atoms with van der Waals surface area (Å²) in [6.07, 6.45) is 13.5. The molecular formula is C48H67N3O12. The minimum atomic E-state index is -2.04. The van der Waals surface area contributed by atoms with Crippen LogP contribution < -0.4 is 10.1 Å². The Kier molecular flexibility index (Phi) is 16.3. The number of ketones is 1. The van der Waals surface area contributed by atoms with Gasteiger partial charge in [0.1, 0.15) is 23.4 Å². The number of benzene rings is 2. The SMILES string of the molecule is CO[C@@H]1C=CO[C@@]2(C)Oc3c(C)c(O)c4c(O)c(c(C=NN5CCCCCCCCCC5)c(O)c4c3C2=O)NC(=O)C(C)=CC=C[C@H](C)[C@H](O)[C@H](C)[C@H](O)[C@H](C)[C@H](OC(C)=O)[C@@H]1C. The van der Waals surface area contributed by atoms with E-state index in [9.17, 15) is 39.9 Å². The molecule has 0 aromatic heterocycles. The first kappa shape index (κ1) is 48.9. The number of phenolic OH excluding ortho intramolecular Hbond substituents is 3. The molecule has 0 saturated carbocycles. The Morgan fingerprint density at radius 1 is 0.873 bits per heavy atom. The molecule has 0 aliphatic carbocycles. The molecule has 5 bridgehead atoms. The second-order valence-corrected chi connectivity index (χ2v) is 17.6. The molecule has 4 aliphatic rings. The lowest BCUT2D eigenvalue weighted by Crippen LogP contribution is -2.46. The lowest BCUT2D eigenvalue weighted by Gasteiger charge is -2.38. The van der Waals surface area contributed by atoms with Crippen LogP contribution in [0.4, 0.5) is 5.69 Å². The number of aromatic hydroxyl groups is 3. The van der Waals surface area contributed by atoms with Crippen molar-refractivity contribution in [3.8, 4) is 23.0 Å². The van der Waals surface area contributed by atoms with E-state index in [0.717, 1.165) is 38.5 Å². The number of allylic oxidation sites excluding steroid dienone is 2. The highest BCUT2D eigenvalue weighted by Gasteiger charge is 2.50. The molecule has 1 fully saturated rings. The number of Topliss-reactive ketones (excluding diaryl/α,β-unsaturated/α-hetero) is 1. The Bertz CT molecular complexity index is 2120. The second-order valence-electron chi connectivity index (χ2n) is 17.6. The number of aliphatic hydroxyl groups is 2. The normalized spacial score (nSPS) is 29.6. The number of hydrogen-bond donors (Lipinski definition) is 6. The molecule has 15 nitrogen and oxygen atoms in total.